The van der Waals surface area contributed by atoms with Gasteiger partial charge in [-0.25, -0.2) is 0 Å². The van der Waals surface area contributed by atoms with E-state index in [1.807, 2.05) is 0 Å². The predicted molar refractivity (Wildman–Crippen MR) is 71.8 cm³/mol. The molecule has 0 aliphatic carbocycles. The summed E-state index contributed by atoms with van der Waals surface area (Å²) in [6.45, 7) is 9.42. The first-order chi connectivity index (χ1) is 7.69. The lowest BCUT2D eigenvalue weighted by atomic mass is 9.95. The van der Waals surface area contributed by atoms with E-state index < -0.39 is 0 Å². The van der Waals surface area contributed by atoms with E-state index in [2.05, 4.69) is 38.0 Å². The van der Waals surface area contributed by atoms with Crippen LogP contribution in [0, 0.1) is 5.92 Å². The summed E-state index contributed by atoms with van der Waals surface area (Å²) in [5, 5.41) is 3.74. The van der Waals surface area contributed by atoms with E-state index in [4.69, 9.17) is 0 Å². The van der Waals surface area contributed by atoms with Crippen molar-refractivity contribution in [2.45, 2.75) is 65.0 Å². The Morgan fingerprint density at radius 3 is 2.50 bits per heavy atom. The first-order valence-electron chi connectivity index (χ1n) is 7.12. The van der Waals surface area contributed by atoms with Crippen LogP contribution in [-0.4, -0.2) is 37.1 Å². The van der Waals surface area contributed by atoms with Gasteiger partial charge in [-0.05, 0) is 39.3 Å². The van der Waals surface area contributed by atoms with E-state index in [0.29, 0.717) is 6.04 Å². The number of nitrogens with zero attached hydrogens (tertiary/aromatic N) is 1. The normalized spacial score (nSPS) is 24.9. The molecule has 0 aromatic carbocycles. The molecule has 2 atom stereocenters. The maximum atomic E-state index is 3.74. The van der Waals surface area contributed by atoms with Gasteiger partial charge in [-0.15, -0.1) is 0 Å². The zero-order valence-corrected chi connectivity index (χ0v) is 11.6. The lowest BCUT2D eigenvalue weighted by Gasteiger charge is -2.34. The number of likely N-dealkylation sites (N-methyl/N-ethyl adjacent to an activating group) is 1. The van der Waals surface area contributed by atoms with E-state index in [1.54, 1.807) is 0 Å². The van der Waals surface area contributed by atoms with E-state index in [1.165, 1.54) is 45.2 Å². The van der Waals surface area contributed by atoms with Gasteiger partial charge in [0.1, 0.15) is 0 Å². The molecule has 0 aromatic rings. The third kappa shape index (κ3) is 4.06. The van der Waals surface area contributed by atoms with Crippen LogP contribution in [0.3, 0.4) is 0 Å². The van der Waals surface area contributed by atoms with Crippen LogP contribution in [0.25, 0.3) is 0 Å². The van der Waals surface area contributed by atoms with Crippen LogP contribution in [0.2, 0.25) is 0 Å². The smallest absolute Gasteiger partial charge is 0.0217 e. The van der Waals surface area contributed by atoms with Gasteiger partial charge in [0, 0.05) is 18.6 Å². The van der Waals surface area contributed by atoms with Crippen LogP contribution in [0.5, 0.6) is 0 Å². The average Bonchev–Trinajstić information content (AvgIpc) is 2.29. The van der Waals surface area contributed by atoms with Crippen molar-refractivity contribution in [1.29, 1.82) is 0 Å². The molecular weight excluding hydrogens is 196 g/mol. The van der Waals surface area contributed by atoms with Gasteiger partial charge in [0.05, 0.1) is 0 Å². The molecule has 0 amide bonds. The largest absolute Gasteiger partial charge is 0.312 e. The fourth-order valence-corrected chi connectivity index (χ4v) is 2.89. The molecule has 2 heteroatoms. The summed E-state index contributed by atoms with van der Waals surface area (Å²) in [4.78, 5) is 2.52. The summed E-state index contributed by atoms with van der Waals surface area (Å²) >= 11 is 0. The maximum absolute atomic E-state index is 3.74. The first kappa shape index (κ1) is 14.0. The van der Waals surface area contributed by atoms with Crippen molar-refractivity contribution in [3.63, 3.8) is 0 Å². The third-order valence-electron chi connectivity index (χ3n) is 4.35. The number of nitrogens with one attached hydrogen (secondary N) is 1. The SMILES string of the molecule is CCC(CC)C(C)NCC1CCCCN1C. The number of rotatable bonds is 6. The summed E-state index contributed by atoms with van der Waals surface area (Å²) in [5.74, 6) is 0.842. The van der Waals surface area contributed by atoms with Crippen molar-refractivity contribution < 1.29 is 0 Å². The van der Waals surface area contributed by atoms with Crippen LogP contribution in [0.15, 0.2) is 0 Å². The van der Waals surface area contributed by atoms with Crippen molar-refractivity contribution in [2.24, 2.45) is 5.92 Å². The van der Waals surface area contributed by atoms with E-state index >= 15 is 0 Å². The molecule has 0 saturated carbocycles. The Bertz CT molecular complexity index is 178. The van der Waals surface area contributed by atoms with Gasteiger partial charge in [-0.2, -0.15) is 0 Å². The van der Waals surface area contributed by atoms with Crippen LogP contribution in [0.1, 0.15) is 52.9 Å². The van der Waals surface area contributed by atoms with E-state index in [9.17, 15) is 0 Å². The number of likely N-dealkylation sites (tertiary alicyclic amines) is 1. The molecule has 1 fully saturated rings. The Kier molecular flexibility index (Phi) is 6.37. The monoisotopic (exact) mass is 226 g/mol. The second-order valence-electron chi connectivity index (χ2n) is 5.40. The average molecular weight is 226 g/mol. The Labute approximate surface area is 102 Å². The van der Waals surface area contributed by atoms with Crippen molar-refractivity contribution in [1.82, 2.24) is 10.2 Å². The summed E-state index contributed by atoms with van der Waals surface area (Å²) < 4.78 is 0. The van der Waals surface area contributed by atoms with Gasteiger partial charge < -0.3 is 10.2 Å². The van der Waals surface area contributed by atoms with E-state index in [-0.39, 0.29) is 0 Å². The molecule has 1 saturated heterocycles. The van der Waals surface area contributed by atoms with Crippen molar-refractivity contribution >= 4 is 0 Å². The fourth-order valence-electron chi connectivity index (χ4n) is 2.89. The van der Waals surface area contributed by atoms with Gasteiger partial charge in [0.25, 0.3) is 0 Å². The van der Waals surface area contributed by atoms with Gasteiger partial charge in [-0.3, -0.25) is 0 Å². The molecule has 1 heterocycles. The van der Waals surface area contributed by atoms with Crippen molar-refractivity contribution in [3.05, 3.63) is 0 Å². The highest BCUT2D eigenvalue weighted by molar-refractivity contribution is 4.79. The zero-order valence-electron chi connectivity index (χ0n) is 11.6. The molecule has 0 aromatic heterocycles. The number of hydrogen-bond donors (Lipinski definition) is 1. The van der Waals surface area contributed by atoms with Crippen molar-refractivity contribution in [2.75, 3.05) is 20.1 Å². The zero-order chi connectivity index (χ0) is 12.0. The number of hydrogen-bond acceptors (Lipinski definition) is 2. The Balaban J connectivity index is 2.26. The van der Waals surface area contributed by atoms with Gasteiger partial charge in [-0.1, -0.05) is 33.1 Å². The van der Waals surface area contributed by atoms with Gasteiger partial charge in [0.15, 0.2) is 0 Å². The molecular formula is C14H30N2. The van der Waals surface area contributed by atoms with E-state index in [0.717, 1.165) is 12.0 Å². The topological polar surface area (TPSA) is 15.3 Å². The fraction of sp³-hybridized carbons (Fsp3) is 1.00. The molecule has 1 aliphatic rings. The summed E-state index contributed by atoms with van der Waals surface area (Å²) in [5.41, 5.74) is 0. The molecule has 1 aliphatic heterocycles. The second kappa shape index (κ2) is 7.29. The minimum absolute atomic E-state index is 0.672. The second-order valence-corrected chi connectivity index (χ2v) is 5.40. The highest BCUT2D eigenvalue weighted by atomic mass is 15.2. The molecule has 0 bridgehead atoms. The highest BCUT2D eigenvalue weighted by Crippen LogP contribution is 2.16. The molecule has 0 spiro atoms. The van der Waals surface area contributed by atoms with Crippen LogP contribution < -0.4 is 5.32 Å². The lowest BCUT2D eigenvalue weighted by Crippen LogP contribution is -2.46. The van der Waals surface area contributed by atoms with Gasteiger partial charge >= 0.3 is 0 Å². The quantitative estimate of drug-likeness (QED) is 0.749. The minimum atomic E-state index is 0.672. The number of piperidine rings is 1. The Morgan fingerprint density at radius 2 is 1.94 bits per heavy atom. The summed E-state index contributed by atoms with van der Waals surface area (Å²) in [7, 11) is 2.27. The molecule has 1 rings (SSSR count). The van der Waals surface area contributed by atoms with Crippen LogP contribution in [-0.2, 0) is 0 Å². The molecule has 2 nitrogen and oxygen atoms in total. The minimum Gasteiger partial charge on any atom is -0.312 e. The highest BCUT2D eigenvalue weighted by Gasteiger charge is 2.20. The molecule has 0 radical (unpaired) electrons. The van der Waals surface area contributed by atoms with Crippen molar-refractivity contribution in [3.8, 4) is 0 Å². The third-order valence-corrected chi connectivity index (χ3v) is 4.35. The summed E-state index contributed by atoms with van der Waals surface area (Å²) in [6, 6.07) is 1.44. The molecule has 16 heavy (non-hydrogen) atoms. The lowest BCUT2D eigenvalue weighted by molar-refractivity contribution is 0.173. The van der Waals surface area contributed by atoms with Crippen LogP contribution >= 0.6 is 0 Å². The standard InChI is InChI=1S/C14H30N2/c1-5-13(6-2)12(3)15-11-14-9-7-8-10-16(14)4/h12-15H,5-11H2,1-4H3. The Hall–Kier alpha value is -0.0800. The molecule has 96 valence electrons. The Morgan fingerprint density at radius 1 is 1.25 bits per heavy atom. The summed E-state index contributed by atoms with van der Waals surface area (Å²) in [6.07, 6.45) is 6.76. The first-order valence-corrected chi connectivity index (χ1v) is 7.12. The molecule has 2 unspecified atom stereocenters. The maximum Gasteiger partial charge on any atom is 0.0217 e. The predicted octanol–water partition coefficient (Wildman–Crippen LogP) is 2.89. The van der Waals surface area contributed by atoms with Crippen LogP contribution in [0.4, 0.5) is 0 Å². The molecule has 1 N–H and O–H groups in total. The van der Waals surface area contributed by atoms with Gasteiger partial charge in [0.2, 0.25) is 0 Å².